The highest BCUT2D eigenvalue weighted by Gasteiger charge is 2.21. The van der Waals surface area contributed by atoms with Crippen LogP contribution in [0.1, 0.15) is 6.42 Å². The Hall–Kier alpha value is -2.01. The summed E-state index contributed by atoms with van der Waals surface area (Å²) in [6.07, 6.45) is 0.421. The number of para-hydroxylation sites is 2. The SMILES string of the molecule is O=C(CCOc1ccccc1)N1CCN(c2ccccc2Br)CC1. The van der Waals surface area contributed by atoms with Crippen LogP contribution in [0.4, 0.5) is 5.69 Å². The number of anilines is 1. The Morgan fingerprint density at radius 1 is 0.958 bits per heavy atom. The van der Waals surface area contributed by atoms with Crippen molar-refractivity contribution in [2.75, 3.05) is 37.7 Å². The highest BCUT2D eigenvalue weighted by atomic mass is 79.9. The Labute approximate surface area is 151 Å². The summed E-state index contributed by atoms with van der Waals surface area (Å²) < 4.78 is 6.71. The van der Waals surface area contributed by atoms with Crippen LogP contribution in [0.2, 0.25) is 0 Å². The second kappa shape index (κ2) is 8.20. The van der Waals surface area contributed by atoms with Gasteiger partial charge in [0.25, 0.3) is 0 Å². The van der Waals surface area contributed by atoms with Crippen LogP contribution < -0.4 is 9.64 Å². The van der Waals surface area contributed by atoms with Crippen molar-refractivity contribution in [3.05, 3.63) is 59.1 Å². The average molecular weight is 389 g/mol. The standard InChI is InChI=1S/C19H21BrN2O2/c20-17-8-4-5-9-18(17)21-11-13-22(14-12-21)19(23)10-15-24-16-6-2-1-3-7-16/h1-9H,10-15H2. The maximum Gasteiger partial charge on any atom is 0.226 e. The Morgan fingerprint density at radius 3 is 2.33 bits per heavy atom. The van der Waals surface area contributed by atoms with Gasteiger partial charge in [0.1, 0.15) is 5.75 Å². The lowest BCUT2D eigenvalue weighted by Gasteiger charge is -2.36. The summed E-state index contributed by atoms with van der Waals surface area (Å²) in [6.45, 7) is 3.64. The van der Waals surface area contributed by atoms with Gasteiger partial charge >= 0.3 is 0 Å². The molecule has 0 aromatic heterocycles. The normalized spacial score (nSPS) is 14.5. The van der Waals surface area contributed by atoms with E-state index in [0.717, 1.165) is 36.4 Å². The molecule has 3 rings (SSSR count). The smallest absolute Gasteiger partial charge is 0.226 e. The summed E-state index contributed by atoms with van der Waals surface area (Å²) in [5.74, 6) is 0.974. The first-order valence-electron chi connectivity index (χ1n) is 8.19. The summed E-state index contributed by atoms with van der Waals surface area (Å²) in [5.41, 5.74) is 1.19. The summed E-state index contributed by atoms with van der Waals surface area (Å²) in [5, 5.41) is 0. The van der Waals surface area contributed by atoms with Gasteiger partial charge in [-0.15, -0.1) is 0 Å². The van der Waals surface area contributed by atoms with E-state index < -0.39 is 0 Å². The van der Waals surface area contributed by atoms with Crippen LogP contribution in [-0.4, -0.2) is 43.6 Å². The first-order chi connectivity index (χ1) is 11.7. The summed E-state index contributed by atoms with van der Waals surface area (Å²) in [7, 11) is 0. The molecule has 0 unspecified atom stereocenters. The van der Waals surface area contributed by atoms with E-state index in [2.05, 4.69) is 26.9 Å². The second-order valence-electron chi connectivity index (χ2n) is 5.73. The molecular weight excluding hydrogens is 368 g/mol. The fourth-order valence-electron chi connectivity index (χ4n) is 2.84. The van der Waals surface area contributed by atoms with Gasteiger partial charge in [0.15, 0.2) is 0 Å². The van der Waals surface area contributed by atoms with Crippen molar-refractivity contribution in [1.29, 1.82) is 0 Å². The highest BCUT2D eigenvalue weighted by molar-refractivity contribution is 9.10. The van der Waals surface area contributed by atoms with E-state index >= 15 is 0 Å². The van der Waals surface area contributed by atoms with Crippen LogP contribution in [0, 0.1) is 0 Å². The van der Waals surface area contributed by atoms with Gasteiger partial charge in [-0.2, -0.15) is 0 Å². The number of benzene rings is 2. The summed E-state index contributed by atoms with van der Waals surface area (Å²) >= 11 is 3.59. The van der Waals surface area contributed by atoms with Crippen LogP contribution in [0.25, 0.3) is 0 Å². The molecule has 0 aliphatic carbocycles. The lowest BCUT2D eigenvalue weighted by Crippen LogP contribution is -2.49. The van der Waals surface area contributed by atoms with Gasteiger partial charge in [-0.05, 0) is 40.2 Å². The van der Waals surface area contributed by atoms with Crippen molar-refractivity contribution in [2.45, 2.75) is 6.42 Å². The maximum atomic E-state index is 12.3. The largest absolute Gasteiger partial charge is 0.493 e. The Kier molecular flexibility index (Phi) is 5.75. The molecule has 1 aliphatic heterocycles. The van der Waals surface area contributed by atoms with Crippen molar-refractivity contribution >= 4 is 27.5 Å². The number of carbonyl (C=O) groups excluding carboxylic acids is 1. The molecule has 0 spiro atoms. The zero-order valence-corrected chi connectivity index (χ0v) is 15.1. The lowest BCUT2D eigenvalue weighted by molar-refractivity contribution is -0.132. The molecule has 0 N–H and O–H groups in total. The van der Waals surface area contributed by atoms with Gasteiger partial charge in [-0.3, -0.25) is 4.79 Å². The molecular formula is C19H21BrN2O2. The number of nitrogens with zero attached hydrogens (tertiary/aromatic N) is 2. The van der Waals surface area contributed by atoms with Gasteiger partial charge < -0.3 is 14.5 Å². The number of halogens is 1. The summed E-state index contributed by atoms with van der Waals surface area (Å²) in [4.78, 5) is 16.6. The van der Waals surface area contributed by atoms with E-state index in [4.69, 9.17) is 4.74 Å². The van der Waals surface area contributed by atoms with Gasteiger partial charge in [0.05, 0.1) is 18.7 Å². The molecule has 1 saturated heterocycles. The lowest BCUT2D eigenvalue weighted by atomic mass is 10.2. The zero-order chi connectivity index (χ0) is 16.8. The fourth-order valence-corrected chi connectivity index (χ4v) is 3.37. The third-order valence-electron chi connectivity index (χ3n) is 4.15. The van der Waals surface area contributed by atoms with Crippen LogP contribution in [0.5, 0.6) is 5.75 Å². The van der Waals surface area contributed by atoms with E-state index in [9.17, 15) is 4.79 Å². The Bertz CT molecular complexity index is 670. The number of hydrogen-bond acceptors (Lipinski definition) is 3. The van der Waals surface area contributed by atoms with Crippen LogP contribution in [0.3, 0.4) is 0 Å². The number of ether oxygens (including phenoxy) is 1. The molecule has 5 heteroatoms. The molecule has 1 amide bonds. The van der Waals surface area contributed by atoms with E-state index in [1.54, 1.807) is 0 Å². The number of carbonyl (C=O) groups is 1. The molecule has 1 heterocycles. The third kappa shape index (κ3) is 4.29. The Morgan fingerprint density at radius 2 is 1.62 bits per heavy atom. The predicted octanol–water partition coefficient (Wildman–Crippen LogP) is 3.57. The van der Waals surface area contributed by atoms with Crippen molar-refractivity contribution in [3.63, 3.8) is 0 Å². The second-order valence-corrected chi connectivity index (χ2v) is 6.59. The first kappa shape index (κ1) is 16.8. The molecule has 4 nitrogen and oxygen atoms in total. The number of amides is 1. The van der Waals surface area contributed by atoms with Crippen LogP contribution in [0.15, 0.2) is 59.1 Å². The molecule has 0 bridgehead atoms. The van der Waals surface area contributed by atoms with Crippen LogP contribution >= 0.6 is 15.9 Å². The highest BCUT2D eigenvalue weighted by Crippen LogP contribution is 2.26. The molecule has 126 valence electrons. The predicted molar refractivity (Wildman–Crippen MR) is 99.5 cm³/mol. The fraction of sp³-hybridized carbons (Fsp3) is 0.316. The van der Waals surface area contributed by atoms with Gasteiger partial charge in [-0.25, -0.2) is 0 Å². The molecule has 0 radical (unpaired) electrons. The van der Waals surface area contributed by atoms with Crippen molar-refractivity contribution in [1.82, 2.24) is 4.90 Å². The Balaban J connectivity index is 1.44. The number of piperazine rings is 1. The number of hydrogen-bond donors (Lipinski definition) is 0. The van der Waals surface area contributed by atoms with Crippen molar-refractivity contribution in [3.8, 4) is 5.75 Å². The van der Waals surface area contributed by atoms with E-state index in [1.165, 1.54) is 5.69 Å². The van der Waals surface area contributed by atoms with E-state index in [0.29, 0.717) is 13.0 Å². The van der Waals surface area contributed by atoms with Crippen LogP contribution in [-0.2, 0) is 4.79 Å². The molecule has 24 heavy (non-hydrogen) atoms. The number of rotatable bonds is 5. The third-order valence-corrected chi connectivity index (χ3v) is 4.82. The van der Waals surface area contributed by atoms with E-state index in [-0.39, 0.29) is 5.91 Å². The molecule has 2 aromatic rings. The van der Waals surface area contributed by atoms with Crippen molar-refractivity contribution < 1.29 is 9.53 Å². The molecule has 0 atom stereocenters. The minimum absolute atomic E-state index is 0.165. The topological polar surface area (TPSA) is 32.8 Å². The summed E-state index contributed by atoms with van der Waals surface area (Å²) in [6, 6.07) is 17.8. The molecule has 1 aliphatic rings. The average Bonchev–Trinajstić information content (AvgIpc) is 2.63. The van der Waals surface area contributed by atoms with Gasteiger partial charge in [-0.1, -0.05) is 30.3 Å². The van der Waals surface area contributed by atoms with E-state index in [1.807, 2.05) is 53.4 Å². The first-order valence-corrected chi connectivity index (χ1v) is 8.98. The minimum Gasteiger partial charge on any atom is -0.493 e. The molecule has 0 saturated carbocycles. The monoisotopic (exact) mass is 388 g/mol. The zero-order valence-electron chi connectivity index (χ0n) is 13.5. The maximum absolute atomic E-state index is 12.3. The minimum atomic E-state index is 0.165. The van der Waals surface area contributed by atoms with Crippen molar-refractivity contribution in [2.24, 2.45) is 0 Å². The van der Waals surface area contributed by atoms with Gasteiger partial charge in [0.2, 0.25) is 5.91 Å². The van der Waals surface area contributed by atoms with Gasteiger partial charge in [0, 0.05) is 30.7 Å². The quantitative estimate of drug-likeness (QED) is 0.784. The molecule has 1 fully saturated rings. The molecule has 2 aromatic carbocycles.